The Morgan fingerprint density at radius 1 is 0.966 bits per heavy atom. The molecule has 0 saturated heterocycles. The Bertz CT molecular complexity index is 1150. The molecule has 0 aliphatic heterocycles. The molecule has 0 unspecified atom stereocenters. The molecule has 2 aliphatic rings. The van der Waals surface area contributed by atoms with Crippen LogP contribution < -0.4 is 0 Å². The fourth-order valence-electron chi connectivity index (χ4n) is 5.46. The van der Waals surface area contributed by atoms with E-state index in [1.165, 1.54) is 0 Å². The maximum absolute atomic E-state index is 13.4. The lowest BCUT2D eigenvalue weighted by atomic mass is 9.77. The average Bonchev–Trinajstić information content (AvgIpc) is 3.39. The highest BCUT2D eigenvalue weighted by atomic mass is 35.5. The van der Waals surface area contributed by atoms with Crippen molar-refractivity contribution in [2.75, 3.05) is 0 Å². The van der Waals surface area contributed by atoms with Gasteiger partial charge in [0.15, 0.2) is 0 Å². The number of rotatable bonds is 4. The van der Waals surface area contributed by atoms with Gasteiger partial charge in [0.25, 0.3) is 0 Å². The van der Waals surface area contributed by atoms with Crippen LogP contribution in [0.3, 0.4) is 0 Å². The lowest BCUT2D eigenvalue weighted by Gasteiger charge is -2.26. The molecule has 6 heteroatoms. The number of fused-ring (bicyclic) bond motifs is 3. The summed E-state index contributed by atoms with van der Waals surface area (Å²) in [5.74, 6) is -0.926. The first-order chi connectivity index (χ1) is 13.9. The van der Waals surface area contributed by atoms with E-state index in [0.717, 1.165) is 23.9 Å². The molecule has 2 saturated carbocycles. The van der Waals surface area contributed by atoms with Crippen LogP contribution in [-0.2, 0) is 10.2 Å². The van der Waals surface area contributed by atoms with E-state index in [-0.39, 0.29) is 11.2 Å². The van der Waals surface area contributed by atoms with Crippen molar-refractivity contribution in [2.24, 2.45) is 5.41 Å². The van der Waals surface area contributed by atoms with Gasteiger partial charge in [-0.15, -0.1) is 0 Å². The number of carbonyl (C=O) groups excluding carboxylic acids is 1. The van der Waals surface area contributed by atoms with Gasteiger partial charge in [-0.2, -0.15) is 0 Å². The van der Waals surface area contributed by atoms with Crippen molar-refractivity contribution in [2.45, 2.75) is 37.5 Å². The van der Waals surface area contributed by atoms with Crippen LogP contribution in [0.1, 0.15) is 53.7 Å². The number of nitrogens with zero attached hydrogens (tertiary/aromatic N) is 1. The number of hydrogen-bond donors (Lipinski definition) is 1. The maximum atomic E-state index is 13.4. The quantitative estimate of drug-likeness (QED) is 0.538. The van der Waals surface area contributed by atoms with E-state index in [0.29, 0.717) is 40.6 Å². The number of benzene rings is 1. The topological polar surface area (TPSA) is 58.8 Å². The van der Waals surface area contributed by atoms with Gasteiger partial charge in [-0.25, -0.2) is 0 Å². The fourth-order valence-corrected chi connectivity index (χ4v) is 6.03. The van der Waals surface area contributed by atoms with Crippen LogP contribution in [0.15, 0.2) is 48.7 Å². The summed E-state index contributed by atoms with van der Waals surface area (Å²) in [6, 6.07) is 12.8. The third-order valence-electron chi connectivity index (χ3n) is 6.96. The summed E-state index contributed by atoms with van der Waals surface area (Å²) in [7, 11) is 0. The van der Waals surface area contributed by atoms with Crippen molar-refractivity contribution < 1.29 is 14.7 Å². The number of carbonyl (C=O) groups is 2. The summed E-state index contributed by atoms with van der Waals surface area (Å²) >= 11 is 12.6. The second-order valence-corrected chi connectivity index (χ2v) is 9.18. The minimum Gasteiger partial charge on any atom is -0.481 e. The highest BCUT2D eigenvalue weighted by Crippen LogP contribution is 2.63. The first-order valence-electron chi connectivity index (χ1n) is 9.70. The van der Waals surface area contributed by atoms with Gasteiger partial charge in [0.05, 0.1) is 26.7 Å². The molecule has 2 bridgehead atoms. The number of pyridine rings is 1. The van der Waals surface area contributed by atoms with E-state index >= 15 is 0 Å². The van der Waals surface area contributed by atoms with Crippen LogP contribution in [0.25, 0.3) is 5.52 Å². The Labute approximate surface area is 178 Å². The predicted molar refractivity (Wildman–Crippen MR) is 112 cm³/mol. The van der Waals surface area contributed by atoms with Crippen molar-refractivity contribution in [3.05, 3.63) is 75.5 Å². The molecule has 5 rings (SSSR count). The second-order valence-electron chi connectivity index (χ2n) is 8.37. The molecule has 1 N–H and O–H groups in total. The molecule has 2 aromatic heterocycles. The Morgan fingerprint density at radius 3 is 2.28 bits per heavy atom. The molecule has 29 heavy (non-hydrogen) atoms. The van der Waals surface area contributed by atoms with Crippen molar-refractivity contribution in [1.82, 2.24) is 4.40 Å². The van der Waals surface area contributed by atoms with E-state index in [1.807, 2.05) is 34.9 Å². The number of aliphatic carboxylic acids is 1. The first-order valence-corrected chi connectivity index (χ1v) is 10.5. The lowest BCUT2D eigenvalue weighted by Crippen LogP contribution is -2.25. The Hall–Kier alpha value is -2.30. The van der Waals surface area contributed by atoms with Gasteiger partial charge in [-0.05, 0) is 73.4 Å². The Balaban J connectivity index is 1.68. The lowest BCUT2D eigenvalue weighted by molar-refractivity contribution is -0.148. The zero-order valence-corrected chi connectivity index (χ0v) is 17.1. The van der Waals surface area contributed by atoms with Gasteiger partial charge < -0.3 is 9.51 Å². The molecule has 0 atom stereocenters. The van der Waals surface area contributed by atoms with Crippen molar-refractivity contribution in [3.63, 3.8) is 0 Å². The molecular weight excluding hydrogens is 409 g/mol. The van der Waals surface area contributed by atoms with Gasteiger partial charge in [0.2, 0.25) is 5.78 Å². The summed E-state index contributed by atoms with van der Waals surface area (Å²) in [4.78, 5) is 25.3. The molecule has 2 heterocycles. The van der Waals surface area contributed by atoms with Gasteiger partial charge in [-0.3, -0.25) is 9.59 Å². The highest BCUT2D eigenvalue weighted by Gasteiger charge is 2.59. The van der Waals surface area contributed by atoms with E-state index in [2.05, 4.69) is 0 Å². The number of halogens is 2. The first kappa shape index (κ1) is 18.7. The molecule has 0 amide bonds. The van der Waals surface area contributed by atoms with Crippen LogP contribution in [0, 0.1) is 5.41 Å². The maximum Gasteiger partial charge on any atom is 0.309 e. The standard InChI is InChI=1S/C23H19Cl2NO3/c24-15-4-3-5-16(25)19(15)20(27)18-12-14(17-6-1-2-11-26(17)18)22-7-9-23(13-22,10-8-22)21(28)29/h1-6,11-12H,7-10,13H2,(H,28,29). The van der Waals surface area contributed by atoms with Crippen molar-refractivity contribution >= 4 is 40.5 Å². The number of carboxylic acids is 1. The molecule has 2 aliphatic carbocycles. The Kier molecular flexibility index (Phi) is 4.10. The zero-order valence-electron chi connectivity index (χ0n) is 15.6. The van der Waals surface area contributed by atoms with Gasteiger partial charge >= 0.3 is 5.97 Å². The molecule has 3 aromatic rings. The zero-order chi connectivity index (χ0) is 20.4. The summed E-state index contributed by atoms with van der Waals surface area (Å²) in [5, 5.41) is 10.4. The smallest absolute Gasteiger partial charge is 0.309 e. The fraction of sp³-hybridized carbons (Fsp3) is 0.304. The summed E-state index contributed by atoms with van der Waals surface area (Å²) in [5.41, 5.74) is 1.97. The van der Waals surface area contributed by atoms with E-state index < -0.39 is 11.4 Å². The molecule has 2 fully saturated rings. The molecule has 1 aromatic carbocycles. The van der Waals surface area contributed by atoms with Crippen LogP contribution in [0.2, 0.25) is 10.0 Å². The van der Waals surface area contributed by atoms with Gasteiger partial charge in [-0.1, -0.05) is 35.3 Å². The molecule has 0 spiro atoms. The van der Waals surface area contributed by atoms with Crippen LogP contribution >= 0.6 is 23.2 Å². The van der Waals surface area contributed by atoms with Crippen molar-refractivity contribution in [1.29, 1.82) is 0 Å². The molecule has 4 nitrogen and oxygen atoms in total. The third kappa shape index (κ3) is 2.59. The van der Waals surface area contributed by atoms with E-state index in [1.54, 1.807) is 18.2 Å². The van der Waals surface area contributed by atoms with Crippen LogP contribution in [0.4, 0.5) is 0 Å². The highest BCUT2D eigenvalue weighted by molar-refractivity contribution is 6.40. The van der Waals surface area contributed by atoms with E-state index in [4.69, 9.17) is 23.2 Å². The predicted octanol–water partition coefficient (Wildman–Crippen LogP) is 5.76. The monoisotopic (exact) mass is 427 g/mol. The van der Waals surface area contributed by atoms with Crippen molar-refractivity contribution in [3.8, 4) is 0 Å². The molecule has 148 valence electrons. The largest absolute Gasteiger partial charge is 0.481 e. The summed E-state index contributed by atoms with van der Waals surface area (Å²) < 4.78 is 1.88. The number of aromatic nitrogens is 1. The number of hydrogen-bond acceptors (Lipinski definition) is 2. The Morgan fingerprint density at radius 2 is 1.66 bits per heavy atom. The number of carboxylic acid groups (broad SMARTS) is 1. The van der Waals surface area contributed by atoms with E-state index in [9.17, 15) is 14.7 Å². The van der Waals surface area contributed by atoms with Crippen LogP contribution in [0.5, 0.6) is 0 Å². The van der Waals surface area contributed by atoms with Gasteiger partial charge in [0, 0.05) is 11.7 Å². The summed E-state index contributed by atoms with van der Waals surface area (Å²) in [6.45, 7) is 0. The normalized spacial score (nSPS) is 25.6. The molecule has 0 radical (unpaired) electrons. The van der Waals surface area contributed by atoms with Crippen LogP contribution in [-0.4, -0.2) is 21.3 Å². The SMILES string of the molecule is O=C(c1c(Cl)cccc1Cl)c1cc(C23CCC(C(=O)O)(CC2)C3)c2ccccn12. The van der Waals surface area contributed by atoms with Gasteiger partial charge in [0.1, 0.15) is 0 Å². The second kappa shape index (κ2) is 6.35. The third-order valence-corrected chi connectivity index (χ3v) is 7.59. The minimum atomic E-state index is -0.695. The number of ketones is 1. The molecular formula is C23H19Cl2NO3. The minimum absolute atomic E-state index is 0.201. The average molecular weight is 428 g/mol. The summed E-state index contributed by atoms with van der Waals surface area (Å²) in [6.07, 6.45) is 5.52.